The quantitative estimate of drug-likeness (QED) is 0.162. The monoisotopic (exact) mass is 840 g/mol. The van der Waals surface area contributed by atoms with Crippen LogP contribution in [-0.4, -0.2) is 14.5 Å². The van der Waals surface area contributed by atoms with Crippen molar-refractivity contribution in [3.05, 3.63) is 150 Å². The third-order valence-electron chi connectivity index (χ3n) is 9.61. The first-order valence-corrected chi connectivity index (χ1v) is 16.9. The van der Waals surface area contributed by atoms with E-state index in [1.165, 1.54) is 5.56 Å². The average molecular weight is 841 g/mol. The van der Waals surface area contributed by atoms with Crippen molar-refractivity contribution in [2.75, 3.05) is 0 Å². The van der Waals surface area contributed by atoms with Gasteiger partial charge in [0.1, 0.15) is 5.82 Å². The van der Waals surface area contributed by atoms with E-state index in [1.807, 2.05) is 42.5 Å². The van der Waals surface area contributed by atoms with Crippen LogP contribution in [-0.2, 0) is 26.5 Å². The number of imidazole rings is 1. The molecule has 0 aliphatic rings. The fraction of sp³-hybridized carbons (Fsp3) is 0.133. The van der Waals surface area contributed by atoms with Crippen LogP contribution in [0.2, 0.25) is 0 Å². The van der Waals surface area contributed by atoms with Crippen LogP contribution in [0.25, 0.3) is 72.5 Å². The fourth-order valence-corrected chi connectivity index (χ4v) is 6.76. The van der Waals surface area contributed by atoms with Crippen LogP contribution in [0, 0.1) is 31.2 Å². The fourth-order valence-electron chi connectivity index (χ4n) is 6.76. The smallest absolute Gasteiger partial charge is 0.660 e. The number of benzene rings is 5. The summed E-state index contributed by atoms with van der Waals surface area (Å²) >= 11 is 0. The number of hydrogen-bond acceptors (Lipinski definition) is 3. The molecule has 0 radical (unpaired) electrons. The molecule has 3 heterocycles. The minimum absolute atomic E-state index is 0. The molecule has 0 spiro atoms. The van der Waals surface area contributed by atoms with E-state index in [0.717, 1.165) is 78.1 Å². The molecule has 51 heavy (non-hydrogen) atoms. The van der Waals surface area contributed by atoms with E-state index in [9.17, 15) is 5.26 Å². The molecule has 3 aromatic heterocycles. The summed E-state index contributed by atoms with van der Waals surface area (Å²) < 4.78 is 2.24. The second-order valence-electron chi connectivity index (χ2n) is 13.8. The Morgan fingerprint density at radius 1 is 0.765 bits per heavy atom. The van der Waals surface area contributed by atoms with Gasteiger partial charge in [-0.1, -0.05) is 129 Å². The van der Waals surface area contributed by atoms with E-state index in [-0.39, 0.29) is 26.5 Å². The SMILES string of the molecule is Cc1[n-]c2c(-c3nc4c(-c5[c-]c(-c6cc(C#N)c(-c7ccccc7)cn6)cc(C(C)(C)C)c5)cccc4n3-c3ccccc3)cccc2c1C.[Pt+2]. The number of nitrogens with zero attached hydrogens (tertiary/aromatic N) is 5. The van der Waals surface area contributed by atoms with Crippen molar-refractivity contribution in [3.63, 3.8) is 0 Å². The van der Waals surface area contributed by atoms with Gasteiger partial charge in [0.15, 0.2) is 0 Å². The number of rotatable bonds is 5. The van der Waals surface area contributed by atoms with Crippen LogP contribution in [0.5, 0.6) is 0 Å². The standard InChI is InChI=1S/C45H35N5.Pt/c1-28-29(2)48-42-36(28)18-12-20-38(42)44-49-43-37(19-13-21-41(43)50(44)35-16-10-7-11-17-35)31-22-32(24-34(23-31)45(3,4)5)40-25-33(26-46)39(27-47-40)30-14-8-6-9-15-30;/h6-21,23-25,27H,1-5H3;/q-2;+2. The van der Waals surface area contributed by atoms with Crippen LogP contribution in [0.1, 0.15) is 43.2 Å². The molecule has 0 saturated heterocycles. The molecular formula is C45H35N5Pt. The normalized spacial score (nSPS) is 11.5. The molecule has 0 saturated carbocycles. The van der Waals surface area contributed by atoms with E-state index >= 15 is 0 Å². The molecule has 0 bridgehead atoms. The van der Waals surface area contributed by atoms with E-state index < -0.39 is 0 Å². The van der Waals surface area contributed by atoms with Crippen molar-refractivity contribution in [2.24, 2.45) is 0 Å². The maximum Gasteiger partial charge on any atom is 2.00 e. The summed E-state index contributed by atoms with van der Waals surface area (Å²) in [5.74, 6) is 0.839. The summed E-state index contributed by atoms with van der Waals surface area (Å²) in [6.45, 7) is 10.8. The Hall–Kier alpha value is -5.56. The molecule has 8 rings (SSSR count). The molecular weight excluding hydrogens is 806 g/mol. The summed E-state index contributed by atoms with van der Waals surface area (Å²) in [5, 5.41) is 11.3. The second-order valence-corrected chi connectivity index (χ2v) is 13.8. The molecule has 0 N–H and O–H groups in total. The molecule has 0 unspecified atom stereocenters. The van der Waals surface area contributed by atoms with E-state index in [0.29, 0.717) is 11.3 Å². The van der Waals surface area contributed by atoms with Crippen molar-refractivity contribution < 1.29 is 21.1 Å². The van der Waals surface area contributed by atoms with Crippen molar-refractivity contribution in [1.29, 1.82) is 5.26 Å². The summed E-state index contributed by atoms with van der Waals surface area (Å²) in [5.41, 5.74) is 13.8. The summed E-state index contributed by atoms with van der Waals surface area (Å²) in [6, 6.07) is 45.4. The third-order valence-corrected chi connectivity index (χ3v) is 9.61. The van der Waals surface area contributed by atoms with Crippen LogP contribution in [0.3, 0.4) is 0 Å². The molecule has 8 aromatic rings. The van der Waals surface area contributed by atoms with Gasteiger partial charge in [-0.3, -0.25) is 9.55 Å². The Morgan fingerprint density at radius 2 is 1.45 bits per heavy atom. The van der Waals surface area contributed by atoms with E-state index in [4.69, 9.17) is 15.0 Å². The Labute approximate surface area is 312 Å². The summed E-state index contributed by atoms with van der Waals surface area (Å²) in [6.07, 6.45) is 1.80. The molecule has 5 aromatic carbocycles. The molecule has 0 fully saturated rings. The Balaban J connectivity index is 0.00000406. The van der Waals surface area contributed by atoms with Crippen molar-refractivity contribution in [2.45, 2.75) is 40.0 Å². The zero-order chi connectivity index (χ0) is 34.6. The molecule has 0 amide bonds. The molecule has 0 aliphatic heterocycles. The van der Waals surface area contributed by atoms with Gasteiger partial charge in [0.2, 0.25) is 0 Å². The first-order valence-electron chi connectivity index (χ1n) is 16.9. The topological polar surface area (TPSA) is 68.6 Å². The predicted octanol–water partition coefficient (Wildman–Crippen LogP) is 10.8. The number of para-hydroxylation sites is 3. The number of nitriles is 1. The second kappa shape index (κ2) is 13.3. The van der Waals surface area contributed by atoms with Crippen molar-refractivity contribution in [1.82, 2.24) is 19.5 Å². The number of hydrogen-bond donors (Lipinski definition) is 0. The molecule has 0 aliphatic carbocycles. The zero-order valence-corrected chi connectivity index (χ0v) is 31.4. The summed E-state index contributed by atoms with van der Waals surface area (Å²) in [4.78, 5) is 15.3. The minimum Gasteiger partial charge on any atom is -0.660 e. The molecule has 0 atom stereocenters. The number of fused-ring (bicyclic) bond motifs is 2. The zero-order valence-electron chi connectivity index (χ0n) is 29.1. The van der Waals surface area contributed by atoms with Gasteiger partial charge < -0.3 is 4.98 Å². The van der Waals surface area contributed by atoms with Gasteiger partial charge >= 0.3 is 21.1 Å². The Kier molecular flexibility index (Phi) is 8.84. The van der Waals surface area contributed by atoms with Gasteiger partial charge in [-0.25, -0.2) is 4.98 Å². The number of aryl methyl sites for hydroxylation is 2. The van der Waals surface area contributed by atoms with Crippen LogP contribution < -0.4 is 4.98 Å². The van der Waals surface area contributed by atoms with Gasteiger partial charge in [0.25, 0.3) is 0 Å². The molecule has 6 heteroatoms. The van der Waals surface area contributed by atoms with E-state index in [1.54, 1.807) is 6.20 Å². The van der Waals surface area contributed by atoms with Crippen LogP contribution >= 0.6 is 0 Å². The van der Waals surface area contributed by atoms with Crippen molar-refractivity contribution in [3.8, 4) is 56.7 Å². The third kappa shape index (κ3) is 6.01. The van der Waals surface area contributed by atoms with Gasteiger partial charge in [-0.15, -0.1) is 34.8 Å². The summed E-state index contributed by atoms with van der Waals surface area (Å²) in [7, 11) is 0. The number of aromatic nitrogens is 4. The maximum atomic E-state index is 10.2. The van der Waals surface area contributed by atoms with Gasteiger partial charge in [-0.2, -0.15) is 11.0 Å². The first kappa shape index (κ1) is 33.9. The number of pyridine rings is 1. The van der Waals surface area contributed by atoms with Crippen molar-refractivity contribution >= 4 is 21.9 Å². The van der Waals surface area contributed by atoms with Gasteiger partial charge in [-0.05, 0) is 41.5 Å². The Bertz CT molecular complexity index is 2600. The predicted molar refractivity (Wildman–Crippen MR) is 203 cm³/mol. The van der Waals surface area contributed by atoms with Gasteiger partial charge in [0.05, 0.1) is 22.7 Å². The Morgan fingerprint density at radius 3 is 2.18 bits per heavy atom. The van der Waals surface area contributed by atoms with Crippen LogP contribution in [0.4, 0.5) is 0 Å². The molecule has 5 nitrogen and oxygen atoms in total. The minimum atomic E-state index is -0.155. The maximum absolute atomic E-state index is 10.2. The first-order chi connectivity index (χ1) is 24.2. The largest absolute Gasteiger partial charge is 2.00 e. The van der Waals surface area contributed by atoms with Gasteiger partial charge in [0, 0.05) is 28.7 Å². The van der Waals surface area contributed by atoms with Crippen LogP contribution in [0.15, 0.2) is 121 Å². The molecule has 250 valence electrons. The van der Waals surface area contributed by atoms with E-state index in [2.05, 4.69) is 124 Å². The average Bonchev–Trinajstić information content (AvgIpc) is 3.68.